The average molecular weight is 357 g/mol. The number of likely N-dealkylation sites (tertiary alicyclic amines) is 1. The Bertz CT molecular complexity index is 696. The van der Waals surface area contributed by atoms with Gasteiger partial charge in [-0.15, -0.1) is 0 Å². The Balaban J connectivity index is 1.72. The van der Waals surface area contributed by atoms with Gasteiger partial charge in [-0.25, -0.2) is 0 Å². The van der Waals surface area contributed by atoms with E-state index in [9.17, 15) is 4.79 Å². The monoisotopic (exact) mass is 356 g/mol. The summed E-state index contributed by atoms with van der Waals surface area (Å²) in [6.45, 7) is 5.04. The van der Waals surface area contributed by atoms with Gasteiger partial charge >= 0.3 is 0 Å². The van der Waals surface area contributed by atoms with Crippen LogP contribution in [-0.4, -0.2) is 30.4 Å². The van der Waals surface area contributed by atoms with Crippen molar-refractivity contribution in [2.45, 2.75) is 25.8 Å². The quantitative estimate of drug-likeness (QED) is 0.852. The summed E-state index contributed by atoms with van der Waals surface area (Å²) < 4.78 is 0. The van der Waals surface area contributed by atoms with E-state index in [1.54, 1.807) is 12.1 Å². The SMILES string of the molecule is CC1CCN(C(CNC(=O)c2ccccc2Cl)c2ccccc2)CC1. The van der Waals surface area contributed by atoms with Crippen LogP contribution < -0.4 is 5.32 Å². The van der Waals surface area contributed by atoms with Crippen LogP contribution in [0.3, 0.4) is 0 Å². The van der Waals surface area contributed by atoms with Gasteiger partial charge in [0.2, 0.25) is 0 Å². The van der Waals surface area contributed by atoms with Gasteiger partial charge in [-0.2, -0.15) is 0 Å². The van der Waals surface area contributed by atoms with Crippen LogP contribution in [0.4, 0.5) is 0 Å². The molecule has 25 heavy (non-hydrogen) atoms. The molecule has 0 saturated carbocycles. The van der Waals surface area contributed by atoms with E-state index in [1.165, 1.54) is 18.4 Å². The van der Waals surface area contributed by atoms with Gasteiger partial charge in [-0.05, 0) is 49.5 Å². The van der Waals surface area contributed by atoms with Gasteiger partial charge in [0.05, 0.1) is 16.6 Å². The van der Waals surface area contributed by atoms with Crippen molar-refractivity contribution in [2.75, 3.05) is 19.6 Å². The molecule has 1 heterocycles. The Morgan fingerprint density at radius 3 is 2.44 bits per heavy atom. The highest BCUT2D eigenvalue weighted by atomic mass is 35.5. The van der Waals surface area contributed by atoms with Gasteiger partial charge in [0, 0.05) is 6.54 Å². The Labute approximate surface area is 155 Å². The maximum absolute atomic E-state index is 12.5. The van der Waals surface area contributed by atoms with E-state index in [2.05, 4.69) is 41.4 Å². The zero-order chi connectivity index (χ0) is 17.6. The fraction of sp³-hybridized carbons (Fsp3) is 0.381. The van der Waals surface area contributed by atoms with Crippen LogP contribution in [0.1, 0.15) is 41.7 Å². The fourth-order valence-electron chi connectivity index (χ4n) is 3.40. The van der Waals surface area contributed by atoms with Crippen LogP contribution in [-0.2, 0) is 0 Å². The van der Waals surface area contributed by atoms with Crippen molar-refractivity contribution in [3.63, 3.8) is 0 Å². The van der Waals surface area contributed by atoms with E-state index in [4.69, 9.17) is 11.6 Å². The molecule has 0 radical (unpaired) electrons. The third kappa shape index (κ3) is 4.62. The second-order valence-corrected chi connectivity index (χ2v) is 7.24. The second kappa shape index (κ2) is 8.50. The summed E-state index contributed by atoms with van der Waals surface area (Å²) in [4.78, 5) is 15.0. The summed E-state index contributed by atoms with van der Waals surface area (Å²) in [5.41, 5.74) is 1.78. The normalized spacial score (nSPS) is 17.2. The maximum atomic E-state index is 12.5. The molecule has 3 nitrogen and oxygen atoms in total. The van der Waals surface area contributed by atoms with E-state index < -0.39 is 0 Å². The molecule has 1 aliphatic heterocycles. The lowest BCUT2D eigenvalue weighted by Crippen LogP contribution is -2.42. The predicted molar refractivity (Wildman–Crippen MR) is 103 cm³/mol. The van der Waals surface area contributed by atoms with E-state index in [0.29, 0.717) is 17.1 Å². The number of amides is 1. The Kier molecular flexibility index (Phi) is 6.11. The molecular weight excluding hydrogens is 332 g/mol. The molecule has 2 aromatic carbocycles. The van der Waals surface area contributed by atoms with E-state index in [0.717, 1.165) is 19.0 Å². The van der Waals surface area contributed by atoms with E-state index >= 15 is 0 Å². The predicted octanol–water partition coefficient (Wildman–Crippen LogP) is 4.54. The second-order valence-electron chi connectivity index (χ2n) is 6.83. The zero-order valence-electron chi connectivity index (χ0n) is 14.6. The van der Waals surface area contributed by atoms with Crippen LogP contribution in [0.15, 0.2) is 54.6 Å². The highest BCUT2D eigenvalue weighted by molar-refractivity contribution is 6.33. The van der Waals surface area contributed by atoms with Gasteiger partial charge in [0.25, 0.3) is 5.91 Å². The minimum Gasteiger partial charge on any atom is -0.350 e. The van der Waals surface area contributed by atoms with Gasteiger partial charge in [0.15, 0.2) is 0 Å². The molecule has 0 aromatic heterocycles. The highest BCUT2D eigenvalue weighted by Gasteiger charge is 2.25. The van der Waals surface area contributed by atoms with Crippen LogP contribution in [0.5, 0.6) is 0 Å². The molecule has 0 bridgehead atoms. The van der Waals surface area contributed by atoms with E-state index in [-0.39, 0.29) is 11.9 Å². The Hall–Kier alpha value is -1.84. The number of nitrogens with zero attached hydrogens (tertiary/aromatic N) is 1. The lowest BCUT2D eigenvalue weighted by molar-refractivity contribution is 0.0913. The van der Waals surface area contributed by atoms with Crippen molar-refractivity contribution in [1.29, 1.82) is 0 Å². The minimum atomic E-state index is -0.114. The first-order chi connectivity index (χ1) is 12.1. The third-order valence-electron chi connectivity index (χ3n) is 5.02. The number of halogens is 1. The fourth-order valence-corrected chi connectivity index (χ4v) is 3.62. The topological polar surface area (TPSA) is 32.3 Å². The van der Waals surface area contributed by atoms with Crippen LogP contribution in [0.2, 0.25) is 5.02 Å². The van der Waals surface area contributed by atoms with Crippen molar-refractivity contribution in [3.8, 4) is 0 Å². The zero-order valence-corrected chi connectivity index (χ0v) is 15.4. The number of hydrogen-bond acceptors (Lipinski definition) is 2. The summed E-state index contributed by atoms with van der Waals surface area (Å²) in [7, 11) is 0. The molecule has 1 unspecified atom stereocenters. The molecule has 2 aromatic rings. The smallest absolute Gasteiger partial charge is 0.252 e. The van der Waals surface area contributed by atoms with Crippen molar-refractivity contribution in [3.05, 3.63) is 70.7 Å². The molecule has 1 fully saturated rings. The molecule has 0 aliphatic carbocycles. The van der Waals surface area contributed by atoms with Gasteiger partial charge in [-0.3, -0.25) is 9.69 Å². The number of carbonyl (C=O) groups is 1. The highest BCUT2D eigenvalue weighted by Crippen LogP contribution is 2.26. The maximum Gasteiger partial charge on any atom is 0.252 e. The number of nitrogens with one attached hydrogen (secondary N) is 1. The van der Waals surface area contributed by atoms with Crippen molar-refractivity contribution in [1.82, 2.24) is 10.2 Å². The molecule has 1 amide bonds. The largest absolute Gasteiger partial charge is 0.350 e. The molecule has 132 valence electrons. The Morgan fingerprint density at radius 1 is 1.12 bits per heavy atom. The van der Waals surface area contributed by atoms with E-state index in [1.807, 2.05) is 18.2 Å². The summed E-state index contributed by atoms with van der Waals surface area (Å²) in [6.07, 6.45) is 2.42. The Morgan fingerprint density at radius 2 is 1.76 bits per heavy atom. The van der Waals surface area contributed by atoms with Gasteiger partial charge in [-0.1, -0.05) is 61.0 Å². The minimum absolute atomic E-state index is 0.114. The molecule has 3 rings (SSSR count). The molecular formula is C21H25ClN2O. The van der Waals surface area contributed by atoms with Crippen molar-refractivity contribution < 1.29 is 4.79 Å². The number of hydrogen-bond donors (Lipinski definition) is 1. The summed E-state index contributed by atoms with van der Waals surface area (Å²) in [6, 6.07) is 17.8. The molecule has 0 spiro atoms. The number of benzene rings is 2. The van der Waals surface area contributed by atoms with Crippen LogP contribution in [0, 0.1) is 5.92 Å². The van der Waals surface area contributed by atoms with Gasteiger partial charge in [0.1, 0.15) is 0 Å². The van der Waals surface area contributed by atoms with Gasteiger partial charge < -0.3 is 5.32 Å². The summed E-state index contributed by atoms with van der Waals surface area (Å²) in [5.74, 6) is 0.669. The average Bonchev–Trinajstić information content (AvgIpc) is 2.64. The molecule has 4 heteroatoms. The lowest BCUT2D eigenvalue weighted by Gasteiger charge is -2.37. The standard InChI is InChI=1S/C21H25ClN2O/c1-16-11-13-24(14-12-16)20(17-7-3-2-4-8-17)15-23-21(25)18-9-5-6-10-19(18)22/h2-10,16,20H,11-15H2,1H3,(H,23,25). The number of rotatable bonds is 5. The van der Waals surface area contributed by atoms with Crippen molar-refractivity contribution >= 4 is 17.5 Å². The third-order valence-corrected chi connectivity index (χ3v) is 5.35. The molecule has 1 atom stereocenters. The van der Waals surface area contributed by atoms with Crippen LogP contribution in [0.25, 0.3) is 0 Å². The first-order valence-electron chi connectivity index (χ1n) is 8.97. The summed E-state index contributed by atoms with van der Waals surface area (Å²) in [5, 5.41) is 3.57. The first-order valence-corrected chi connectivity index (χ1v) is 9.34. The molecule has 1 saturated heterocycles. The summed E-state index contributed by atoms with van der Waals surface area (Å²) >= 11 is 6.14. The van der Waals surface area contributed by atoms with Crippen LogP contribution >= 0.6 is 11.6 Å². The number of piperidine rings is 1. The number of carbonyl (C=O) groups excluding carboxylic acids is 1. The molecule has 1 N–H and O–H groups in total. The molecule has 1 aliphatic rings. The lowest BCUT2D eigenvalue weighted by atomic mass is 9.95. The first kappa shape index (κ1) is 18.0. The van der Waals surface area contributed by atoms with Crippen molar-refractivity contribution in [2.24, 2.45) is 5.92 Å².